The number of aryl methyl sites for hydroxylation is 1. The first-order valence-corrected chi connectivity index (χ1v) is 7.31. The van der Waals surface area contributed by atoms with Crippen molar-refractivity contribution in [1.82, 2.24) is 9.47 Å². The van der Waals surface area contributed by atoms with Crippen LogP contribution in [0, 0.1) is 0 Å². The second kappa shape index (κ2) is 6.59. The van der Waals surface area contributed by atoms with Crippen LogP contribution in [0.3, 0.4) is 0 Å². The Morgan fingerprint density at radius 2 is 2.10 bits per heavy atom. The lowest BCUT2D eigenvalue weighted by atomic mass is 10.2. The zero-order valence-corrected chi connectivity index (χ0v) is 11.9. The molecule has 0 aromatic carbocycles. The monoisotopic (exact) mass is 278 g/mol. The van der Waals surface area contributed by atoms with Crippen LogP contribution < -0.4 is 0 Å². The van der Waals surface area contributed by atoms with Crippen LogP contribution in [0.15, 0.2) is 18.3 Å². The van der Waals surface area contributed by atoms with E-state index in [1.807, 2.05) is 16.8 Å². The molecule has 1 fully saturated rings. The fourth-order valence-electron chi connectivity index (χ4n) is 2.92. The molecule has 5 nitrogen and oxygen atoms in total. The van der Waals surface area contributed by atoms with Crippen molar-refractivity contribution in [2.75, 3.05) is 6.54 Å². The van der Waals surface area contributed by atoms with Crippen LogP contribution in [0.2, 0.25) is 0 Å². The van der Waals surface area contributed by atoms with E-state index in [2.05, 4.69) is 6.92 Å². The van der Waals surface area contributed by atoms with Crippen molar-refractivity contribution in [2.45, 2.75) is 51.6 Å². The summed E-state index contributed by atoms with van der Waals surface area (Å²) in [5.74, 6) is -1.10. The summed E-state index contributed by atoms with van der Waals surface area (Å²) in [7, 11) is 0. The molecule has 20 heavy (non-hydrogen) atoms. The number of carboxylic acid groups (broad SMARTS) is 1. The third kappa shape index (κ3) is 3.21. The fraction of sp³-hybridized carbons (Fsp3) is 0.600. The van der Waals surface area contributed by atoms with Gasteiger partial charge in [0.05, 0.1) is 0 Å². The van der Waals surface area contributed by atoms with Crippen LogP contribution in [0.25, 0.3) is 0 Å². The molecule has 1 saturated carbocycles. The second-order valence-electron chi connectivity index (χ2n) is 5.35. The highest BCUT2D eigenvalue weighted by molar-refractivity contribution is 5.94. The van der Waals surface area contributed by atoms with E-state index >= 15 is 0 Å². The molecule has 1 aromatic heterocycles. The normalized spacial score (nSPS) is 15.4. The molecule has 0 atom stereocenters. The van der Waals surface area contributed by atoms with Gasteiger partial charge in [-0.3, -0.25) is 9.59 Å². The van der Waals surface area contributed by atoms with E-state index < -0.39 is 5.97 Å². The first-order chi connectivity index (χ1) is 9.63. The first-order valence-electron chi connectivity index (χ1n) is 7.31. The summed E-state index contributed by atoms with van der Waals surface area (Å²) in [4.78, 5) is 25.3. The van der Waals surface area contributed by atoms with Gasteiger partial charge in [-0.05, 0) is 31.4 Å². The van der Waals surface area contributed by atoms with Crippen LogP contribution in [-0.4, -0.2) is 39.0 Å². The molecule has 0 radical (unpaired) electrons. The number of amides is 1. The Morgan fingerprint density at radius 1 is 1.40 bits per heavy atom. The highest BCUT2D eigenvalue weighted by Gasteiger charge is 2.30. The molecule has 1 aliphatic carbocycles. The Hall–Kier alpha value is -1.78. The van der Waals surface area contributed by atoms with Gasteiger partial charge in [-0.1, -0.05) is 19.8 Å². The number of rotatable bonds is 6. The van der Waals surface area contributed by atoms with Gasteiger partial charge in [0.2, 0.25) is 0 Å². The van der Waals surface area contributed by atoms with Gasteiger partial charge >= 0.3 is 5.97 Å². The molecule has 0 bridgehead atoms. The third-order valence-corrected chi connectivity index (χ3v) is 3.85. The van der Waals surface area contributed by atoms with Crippen LogP contribution in [-0.2, 0) is 11.3 Å². The van der Waals surface area contributed by atoms with Gasteiger partial charge in [-0.2, -0.15) is 0 Å². The fourth-order valence-corrected chi connectivity index (χ4v) is 2.92. The van der Waals surface area contributed by atoms with Crippen LogP contribution in [0.4, 0.5) is 0 Å². The highest BCUT2D eigenvalue weighted by atomic mass is 16.4. The molecular weight excluding hydrogens is 256 g/mol. The topological polar surface area (TPSA) is 62.5 Å². The Labute approximate surface area is 119 Å². The summed E-state index contributed by atoms with van der Waals surface area (Å²) >= 11 is 0. The standard InChI is InChI=1S/C15H22N2O3/c1-2-9-16-10-5-8-13(16)15(20)17(11-14(18)19)12-6-3-4-7-12/h5,8,10,12H,2-4,6-7,9,11H2,1H3,(H,18,19). The van der Waals surface area contributed by atoms with Gasteiger partial charge in [0.1, 0.15) is 12.2 Å². The van der Waals surface area contributed by atoms with Crippen LogP contribution >= 0.6 is 0 Å². The van der Waals surface area contributed by atoms with Gasteiger partial charge in [0.15, 0.2) is 0 Å². The Kier molecular flexibility index (Phi) is 4.82. The molecule has 0 saturated heterocycles. The minimum absolute atomic E-state index is 0.0728. The lowest BCUT2D eigenvalue weighted by Gasteiger charge is -2.27. The molecule has 5 heteroatoms. The minimum Gasteiger partial charge on any atom is -0.480 e. The van der Waals surface area contributed by atoms with Gasteiger partial charge in [-0.15, -0.1) is 0 Å². The zero-order valence-electron chi connectivity index (χ0n) is 11.9. The summed E-state index contributed by atoms with van der Waals surface area (Å²) in [5, 5.41) is 9.06. The van der Waals surface area contributed by atoms with E-state index in [0.717, 1.165) is 38.6 Å². The molecule has 0 aliphatic heterocycles. The van der Waals surface area contributed by atoms with Crippen LogP contribution in [0.1, 0.15) is 49.5 Å². The number of aromatic nitrogens is 1. The number of carbonyl (C=O) groups excluding carboxylic acids is 1. The highest BCUT2D eigenvalue weighted by Crippen LogP contribution is 2.25. The van der Waals surface area contributed by atoms with E-state index in [4.69, 9.17) is 5.11 Å². The number of hydrogen-bond donors (Lipinski definition) is 1. The molecular formula is C15H22N2O3. The zero-order chi connectivity index (χ0) is 14.5. The summed E-state index contributed by atoms with van der Waals surface area (Å²) in [6.07, 6.45) is 6.79. The number of nitrogens with zero attached hydrogens (tertiary/aromatic N) is 2. The first kappa shape index (κ1) is 14.6. The lowest BCUT2D eigenvalue weighted by Crippen LogP contribution is -2.43. The maximum absolute atomic E-state index is 12.7. The third-order valence-electron chi connectivity index (χ3n) is 3.85. The van der Waals surface area contributed by atoms with Gasteiger partial charge in [0.25, 0.3) is 5.91 Å². The molecule has 1 heterocycles. The van der Waals surface area contributed by atoms with Crippen molar-refractivity contribution in [1.29, 1.82) is 0 Å². The summed E-state index contributed by atoms with van der Waals surface area (Å²) in [6.45, 7) is 2.63. The van der Waals surface area contributed by atoms with Gasteiger partial charge in [0, 0.05) is 18.8 Å². The Balaban J connectivity index is 2.20. The van der Waals surface area contributed by atoms with E-state index in [-0.39, 0.29) is 18.5 Å². The minimum atomic E-state index is -0.946. The van der Waals surface area contributed by atoms with Crippen molar-refractivity contribution in [3.63, 3.8) is 0 Å². The molecule has 1 N–H and O–H groups in total. The molecule has 1 aromatic rings. The van der Waals surface area contributed by atoms with Crippen molar-refractivity contribution in [3.8, 4) is 0 Å². The molecule has 1 amide bonds. The smallest absolute Gasteiger partial charge is 0.323 e. The van der Waals surface area contributed by atoms with E-state index in [0.29, 0.717) is 5.69 Å². The predicted octanol–water partition coefficient (Wildman–Crippen LogP) is 2.37. The molecule has 110 valence electrons. The largest absolute Gasteiger partial charge is 0.480 e. The maximum atomic E-state index is 12.7. The number of carboxylic acids is 1. The summed E-state index contributed by atoms with van der Waals surface area (Å²) in [6, 6.07) is 3.70. The maximum Gasteiger partial charge on any atom is 0.323 e. The number of carbonyl (C=O) groups is 2. The summed E-state index contributed by atoms with van der Waals surface area (Å²) < 4.78 is 1.91. The SMILES string of the molecule is CCCn1cccc1C(=O)N(CC(=O)O)C1CCCC1. The lowest BCUT2D eigenvalue weighted by molar-refractivity contribution is -0.138. The molecule has 0 spiro atoms. The summed E-state index contributed by atoms with van der Waals surface area (Å²) in [5.41, 5.74) is 0.597. The van der Waals surface area contributed by atoms with Crippen LogP contribution in [0.5, 0.6) is 0 Å². The van der Waals surface area contributed by atoms with Crippen molar-refractivity contribution < 1.29 is 14.7 Å². The average molecular weight is 278 g/mol. The van der Waals surface area contributed by atoms with E-state index in [1.165, 1.54) is 4.90 Å². The van der Waals surface area contributed by atoms with E-state index in [9.17, 15) is 9.59 Å². The van der Waals surface area contributed by atoms with Crippen molar-refractivity contribution in [2.24, 2.45) is 0 Å². The van der Waals surface area contributed by atoms with E-state index in [1.54, 1.807) is 6.07 Å². The van der Waals surface area contributed by atoms with Gasteiger partial charge in [-0.25, -0.2) is 0 Å². The van der Waals surface area contributed by atoms with Crippen molar-refractivity contribution in [3.05, 3.63) is 24.0 Å². The average Bonchev–Trinajstić information content (AvgIpc) is 3.06. The molecule has 0 unspecified atom stereocenters. The van der Waals surface area contributed by atoms with Crippen molar-refractivity contribution >= 4 is 11.9 Å². The Bertz CT molecular complexity index is 475. The Morgan fingerprint density at radius 3 is 2.70 bits per heavy atom. The molecule has 1 aliphatic rings. The number of hydrogen-bond acceptors (Lipinski definition) is 2. The predicted molar refractivity (Wildman–Crippen MR) is 75.7 cm³/mol. The van der Waals surface area contributed by atoms with Gasteiger partial charge < -0.3 is 14.6 Å². The number of aliphatic carboxylic acids is 1. The second-order valence-corrected chi connectivity index (χ2v) is 5.35. The quantitative estimate of drug-likeness (QED) is 0.869. The molecule has 2 rings (SSSR count).